The van der Waals surface area contributed by atoms with Gasteiger partial charge in [-0.1, -0.05) is 0 Å². The third kappa shape index (κ3) is 2.32. The van der Waals surface area contributed by atoms with Crippen LogP contribution in [-0.4, -0.2) is 41.8 Å². The van der Waals surface area contributed by atoms with Gasteiger partial charge in [0.25, 0.3) is 0 Å². The summed E-state index contributed by atoms with van der Waals surface area (Å²) >= 11 is 0. The minimum Gasteiger partial charge on any atom is -0.300 e. The third-order valence-corrected chi connectivity index (χ3v) is 5.34. The van der Waals surface area contributed by atoms with Crippen molar-refractivity contribution >= 4 is 15.8 Å². The number of aryl methyl sites for hydroxylation is 1. The maximum atomic E-state index is 12.4. The summed E-state index contributed by atoms with van der Waals surface area (Å²) in [5, 5.41) is 6.36. The van der Waals surface area contributed by atoms with E-state index >= 15 is 0 Å². The van der Waals surface area contributed by atoms with Crippen molar-refractivity contribution in [2.45, 2.75) is 31.6 Å². The fourth-order valence-corrected chi connectivity index (χ4v) is 3.87. The average Bonchev–Trinajstić information content (AvgIpc) is 2.76. The number of H-pyrrole nitrogens is 1. The highest BCUT2D eigenvalue weighted by Gasteiger charge is 2.33. The van der Waals surface area contributed by atoms with Crippen molar-refractivity contribution in [1.29, 1.82) is 0 Å². The topological polar surface area (TPSA) is 83.1 Å². The second-order valence-corrected chi connectivity index (χ2v) is 6.58. The summed E-state index contributed by atoms with van der Waals surface area (Å²) in [6.07, 6.45) is 2.81. The van der Waals surface area contributed by atoms with Crippen LogP contribution in [0.4, 0.5) is 0 Å². The Hall–Kier alpha value is -1.21. The largest absolute Gasteiger partial charge is 0.300 e. The van der Waals surface area contributed by atoms with Gasteiger partial charge in [0.2, 0.25) is 10.0 Å². The van der Waals surface area contributed by atoms with E-state index < -0.39 is 10.0 Å². The van der Waals surface area contributed by atoms with Crippen molar-refractivity contribution < 1.29 is 13.2 Å². The van der Waals surface area contributed by atoms with Gasteiger partial charge in [-0.2, -0.15) is 9.40 Å². The van der Waals surface area contributed by atoms with Crippen molar-refractivity contribution in [2.24, 2.45) is 5.92 Å². The monoisotopic (exact) mass is 271 g/mol. The smallest absolute Gasteiger partial charge is 0.246 e. The summed E-state index contributed by atoms with van der Waals surface area (Å²) in [5.41, 5.74) is 0.528. The number of carbonyl (C=O) groups is 1. The second-order valence-electron chi connectivity index (χ2n) is 4.67. The molecule has 0 amide bonds. The molecule has 1 aromatic heterocycles. The van der Waals surface area contributed by atoms with Crippen molar-refractivity contribution in [3.63, 3.8) is 0 Å². The Bertz CT molecular complexity index is 550. The van der Waals surface area contributed by atoms with Gasteiger partial charge < -0.3 is 0 Å². The van der Waals surface area contributed by atoms with Crippen LogP contribution in [0.1, 0.15) is 25.5 Å². The van der Waals surface area contributed by atoms with E-state index in [1.807, 2.05) is 0 Å². The number of rotatable bonds is 3. The van der Waals surface area contributed by atoms with Gasteiger partial charge in [0.1, 0.15) is 10.7 Å². The first-order valence-electron chi connectivity index (χ1n) is 5.93. The van der Waals surface area contributed by atoms with Crippen LogP contribution in [0, 0.1) is 12.8 Å². The maximum absolute atomic E-state index is 12.4. The molecule has 6 nitrogen and oxygen atoms in total. The van der Waals surface area contributed by atoms with Crippen molar-refractivity contribution in [2.75, 3.05) is 13.1 Å². The van der Waals surface area contributed by atoms with Gasteiger partial charge in [0, 0.05) is 19.0 Å². The van der Waals surface area contributed by atoms with E-state index in [0.29, 0.717) is 12.2 Å². The van der Waals surface area contributed by atoms with E-state index in [2.05, 4.69) is 10.2 Å². The van der Waals surface area contributed by atoms with E-state index in [-0.39, 0.29) is 23.1 Å². The van der Waals surface area contributed by atoms with E-state index in [4.69, 9.17) is 0 Å². The lowest BCUT2D eigenvalue weighted by atomic mass is 9.96. The summed E-state index contributed by atoms with van der Waals surface area (Å²) in [6.45, 7) is 3.94. The lowest BCUT2D eigenvalue weighted by molar-refractivity contribution is -0.121. The van der Waals surface area contributed by atoms with Crippen LogP contribution in [-0.2, 0) is 14.8 Å². The average molecular weight is 271 g/mol. The highest BCUT2D eigenvalue weighted by molar-refractivity contribution is 7.89. The molecule has 0 spiro atoms. The molecule has 1 saturated heterocycles. The lowest BCUT2D eigenvalue weighted by Gasteiger charge is -2.30. The van der Waals surface area contributed by atoms with Crippen LogP contribution in [0.15, 0.2) is 11.1 Å². The van der Waals surface area contributed by atoms with Gasteiger partial charge in [0.05, 0.1) is 11.9 Å². The molecule has 0 aliphatic carbocycles. The van der Waals surface area contributed by atoms with Gasteiger partial charge in [-0.3, -0.25) is 9.89 Å². The maximum Gasteiger partial charge on any atom is 0.246 e. The first-order chi connectivity index (χ1) is 8.43. The van der Waals surface area contributed by atoms with Crippen LogP contribution in [0.25, 0.3) is 0 Å². The van der Waals surface area contributed by atoms with E-state index in [0.717, 1.165) is 12.8 Å². The van der Waals surface area contributed by atoms with Crippen molar-refractivity contribution in [1.82, 2.24) is 14.5 Å². The molecule has 100 valence electrons. The SMILES string of the molecule is CC(=O)C1CCCN(S(=O)(=O)c2cn[nH]c2C)C1. The molecule has 2 rings (SSSR count). The van der Waals surface area contributed by atoms with Crippen LogP contribution >= 0.6 is 0 Å². The van der Waals surface area contributed by atoms with Gasteiger partial charge >= 0.3 is 0 Å². The first-order valence-corrected chi connectivity index (χ1v) is 7.37. The van der Waals surface area contributed by atoms with Crippen LogP contribution in [0.2, 0.25) is 0 Å². The molecule has 1 unspecified atom stereocenters. The van der Waals surface area contributed by atoms with Gasteiger partial charge in [-0.25, -0.2) is 8.42 Å². The Morgan fingerprint density at radius 3 is 2.83 bits per heavy atom. The molecular weight excluding hydrogens is 254 g/mol. The molecule has 7 heteroatoms. The van der Waals surface area contributed by atoms with E-state index in [9.17, 15) is 13.2 Å². The number of hydrogen-bond acceptors (Lipinski definition) is 4. The fourth-order valence-electron chi connectivity index (χ4n) is 2.23. The quantitative estimate of drug-likeness (QED) is 0.877. The van der Waals surface area contributed by atoms with Gasteiger partial charge in [-0.15, -0.1) is 0 Å². The molecule has 2 heterocycles. The summed E-state index contributed by atoms with van der Waals surface area (Å²) in [7, 11) is -3.53. The zero-order chi connectivity index (χ0) is 13.3. The Kier molecular flexibility index (Phi) is 3.54. The molecule has 18 heavy (non-hydrogen) atoms. The number of sulfonamides is 1. The predicted molar refractivity (Wildman–Crippen MR) is 65.5 cm³/mol. The van der Waals surface area contributed by atoms with E-state index in [1.165, 1.54) is 17.4 Å². The fraction of sp³-hybridized carbons (Fsp3) is 0.636. The number of piperidine rings is 1. The Morgan fingerprint density at radius 2 is 2.28 bits per heavy atom. The van der Waals surface area contributed by atoms with Gasteiger partial charge in [0.15, 0.2) is 0 Å². The molecule has 1 aliphatic rings. The molecule has 0 aromatic carbocycles. The summed E-state index contributed by atoms with van der Waals surface area (Å²) in [6, 6.07) is 0. The van der Waals surface area contributed by atoms with Crippen molar-refractivity contribution in [3.8, 4) is 0 Å². The normalized spacial score (nSPS) is 22.0. The Labute approximate surface area is 106 Å². The second kappa shape index (κ2) is 4.81. The third-order valence-electron chi connectivity index (χ3n) is 3.36. The molecule has 0 bridgehead atoms. The highest BCUT2D eigenvalue weighted by atomic mass is 32.2. The molecule has 0 saturated carbocycles. The molecule has 1 N–H and O–H groups in total. The molecule has 1 aliphatic heterocycles. The molecular formula is C11H17N3O3S. The predicted octanol–water partition coefficient (Wildman–Crippen LogP) is 0.708. The zero-order valence-corrected chi connectivity index (χ0v) is 11.3. The lowest BCUT2D eigenvalue weighted by Crippen LogP contribution is -2.41. The van der Waals surface area contributed by atoms with Crippen LogP contribution in [0.5, 0.6) is 0 Å². The summed E-state index contributed by atoms with van der Waals surface area (Å²) in [5.74, 6) is -0.125. The molecule has 1 aromatic rings. The van der Waals surface area contributed by atoms with Crippen LogP contribution in [0.3, 0.4) is 0 Å². The molecule has 1 fully saturated rings. The number of hydrogen-bond donors (Lipinski definition) is 1. The Balaban J connectivity index is 2.26. The Morgan fingerprint density at radius 1 is 1.56 bits per heavy atom. The number of aromatic nitrogens is 2. The van der Waals surface area contributed by atoms with Gasteiger partial charge in [-0.05, 0) is 26.7 Å². The summed E-state index contributed by atoms with van der Waals surface area (Å²) in [4.78, 5) is 11.6. The van der Waals surface area contributed by atoms with Crippen LogP contribution < -0.4 is 0 Å². The number of ketones is 1. The molecule has 0 radical (unpaired) electrons. The first kappa shape index (κ1) is 13.2. The standard InChI is InChI=1S/C11H17N3O3S/c1-8-11(6-12-13-8)18(16,17)14-5-3-4-10(7-14)9(2)15/h6,10H,3-5,7H2,1-2H3,(H,12,13). The minimum atomic E-state index is -3.53. The molecule has 1 atom stereocenters. The number of carbonyl (C=O) groups excluding carboxylic acids is 1. The number of nitrogens with zero attached hydrogens (tertiary/aromatic N) is 2. The number of Topliss-reactive ketones (excluding diaryl/α,β-unsaturated/α-hetero) is 1. The number of aromatic amines is 1. The number of nitrogens with one attached hydrogen (secondary N) is 1. The van der Waals surface area contributed by atoms with E-state index in [1.54, 1.807) is 6.92 Å². The van der Waals surface area contributed by atoms with Crippen molar-refractivity contribution in [3.05, 3.63) is 11.9 Å². The highest BCUT2D eigenvalue weighted by Crippen LogP contribution is 2.24. The summed E-state index contributed by atoms with van der Waals surface area (Å²) < 4.78 is 26.2. The zero-order valence-electron chi connectivity index (χ0n) is 10.5. The minimum absolute atomic E-state index is 0.0545.